The number of carbonyl (C=O) groups excluding carboxylic acids is 1. The summed E-state index contributed by atoms with van der Waals surface area (Å²) in [7, 11) is 0. The summed E-state index contributed by atoms with van der Waals surface area (Å²) in [5.41, 5.74) is 10.0. The van der Waals surface area contributed by atoms with Crippen molar-refractivity contribution in [3.8, 4) is 0 Å². The van der Waals surface area contributed by atoms with Gasteiger partial charge in [-0.25, -0.2) is 4.99 Å². The minimum Gasteiger partial charge on any atom is -0.399 e. The molecular weight excluding hydrogens is 252 g/mol. The molecule has 0 spiro atoms. The van der Waals surface area contributed by atoms with E-state index in [1.54, 1.807) is 4.90 Å². The Kier molecular flexibility index (Phi) is 2.59. The van der Waals surface area contributed by atoms with Gasteiger partial charge in [-0.1, -0.05) is 18.2 Å². The van der Waals surface area contributed by atoms with Gasteiger partial charge in [0.1, 0.15) is 5.84 Å². The van der Waals surface area contributed by atoms with Crippen LogP contribution in [0.25, 0.3) is 0 Å². The summed E-state index contributed by atoms with van der Waals surface area (Å²) in [6.45, 7) is 0.534. The molecule has 0 bridgehead atoms. The fraction of sp³-hybridized carbons (Fsp3) is 0.0667. The fourth-order valence-corrected chi connectivity index (χ4v) is 2.64. The lowest BCUT2D eigenvalue weighted by Gasteiger charge is -2.23. The molecule has 0 aromatic heterocycles. The molecule has 2 aliphatic heterocycles. The van der Waals surface area contributed by atoms with E-state index in [1.807, 2.05) is 42.5 Å². The standard InChI is InChI=1S/C15H11N3O.H3N/c16-10-5-6-13-9(7-10)8-18-14(17-13)11-3-1-2-4-12(11)15(18)19;/h1-7H,8,16H2;1H3. The van der Waals surface area contributed by atoms with Crippen molar-refractivity contribution in [2.45, 2.75) is 6.54 Å². The number of hydrogen-bond donors (Lipinski definition) is 2. The maximum atomic E-state index is 12.3. The van der Waals surface area contributed by atoms with Crippen LogP contribution in [0.5, 0.6) is 0 Å². The van der Waals surface area contributed by atoms with Gasteiger partial charge in [-0.3, -0.25) is 9.69 Å². The van der Waals surface area contributed by atoms with Crippen LogP contribution in [0, 0.1) is 0 Å². The summed E-state index contributed by atoms with van der Waals surface area (Å²) in [5.74, 6) is 0.764. The third kappa shape index (κ3) is 1.53. The average molecular weight is 266 g/mol. The second kappa shape index (κ2) is 4.18. The molecule has 0 unspecified atom stereocenters. The Balaban J connectivity index is 0.00000121. The lowest BCUT2D eigenvalue weighted by Crippen LogP contribution is -2.31. The molecule has 2 aromatic carbocycles. The molecule has 0 saturated heterocycles. The molecule has 0 atom stereocenters. The van der Waals surface area contributed by atoms with E-state index in [2.05, 4.69) is 4.99 Å². The number of amidine groups is 1. The van der Waals surface area contributed by atoms with Gasteiger partial charge in [0.25, 0.3) is 5.91 Å². The lowest BCUT2D eigenvalue weighted by molar-refractivity contribution is 0.0852. The lowest BCUT2D eigenvalue weighted by atomic mass is 10.1. The molecule has 5 N–H and O–H groups in total. The highest BCUT2D eigenvalue weighted by Crippen LogP contribution is 2.34. The minimum atomic E-state index is 0. The SMILES string of the molecule is N.Nc1ccc2c(c1)CN1C(=O)c3ccccc3C1=N2. The molecule has 100 valence electrons. The van der Waals surface area contributed by atoms with Crippen LogP contribution in [0.2, 0.25) is 0 Å². The van der Waals surface area contributed by atoms with Gasteiger partial charge in [0.15, 0.2) is 0 Å². The summed E-state index contributed by atoms with van der Waals surface area (Å²) >= 11 is 0. The maximum absolute atomic E-state index is 12.3. The van der Waals surface area contributed by atoms with E-state index in [0.717, 1.165) is 28.2 Å². The summed E-state index contributed by atoms with van der Waals surface area (Å²) < 4.78 is 0. The van der Waals surface area contributed by atoms with Crippen LogP contribution in [0.1, 0.15) is 21.5 Å². The van der Waals surface area contributed by atoms with Crippen molar-refractivity contribution in [3.63, 3.8) is 0 Å². The quantitative estimate of drug-likeness (QED) is 0.717. The number of fused-ring (bicyclic) bond motifs is 4. The van der Waals surface area contributed by atoms with Crippen molar-refractivity contribution >= 4 is 23.1 Å². The number of rotatable bonds is 0. The molecule has 5 heteroatoms. The van der Waals surface area contributed by atoms with Crippen molar-refractivity contribution in [3.05, 3.63) is 59.2 Å². The third-order valence-electron chi connectivity index (χ3n) is 3.56. The molecule has 0 radical (unpaired) electrons. The minimum absolute atomic E-state index is 0. The number of aliphatic imine (C=N–C) groups is 1. The average Bonchev–Trinajstić information content (AvgIpc) is 2.70. The zero-order valence-corrected chi connectivity index (χ0v) is 10.8. The molecule has 2 heterocycles. The second-order valence-electron chi connectivity index (χ2n) is 4.76. The van der Waals surface area contributed by atoms with E-state index in [0.29, 0.717) is 12.2 Å². The van der Waals surface area contributed by atoms with Gasteiger partial charge in [-0.15, -0.1) is 0 Å². The van der Waals surface area contributed by atoms with E-state index in [1.165, 1.54) is 0 Å². The van der Waals surface area contributed by atoms with Gasteiger partial charge in [0.05, 0.1) is 17.8 Å². The normalized spacial score (nSPS) is 14.9. The predicted octanol–water partition coefficient (Wildman–Crippen LogP) is 2.48. The summed E-state index contributed by atoms with van der Waals surface area (Å²) in [4.78, 5) is 18.7. The molecule has 20 heavy (non-hydrogen) atoms. The number of nitrogen functional groups attached to an aromatic ring is 1. The first-order valence-corrected chi connectivity index (χ1v) is 6.12. The zero-order valence-electron chi connectivity index (χ0n) is 10.8. The van der Waals surface area contributed by atoms with Crippen molar-refractivity contribution in [2.75, 3.05) is 5.73 Å². The van der Waals surface area contributed by atoms with Crippen molar-refractivity contribution in [2.24, 2.45) is 4.99 Å². The van der Waals surface area contributed by atoms with E-state index < -0.39 is 0 Å². The number of benzene rings is 2. The summed E-state index contributed by atoms with van der Waals surface area (Å²) in [5, 5.41) is 0. The first-order valence-electron chi connectivity index (χ1n) is 6.12. The Hall–Kier alpha value is -2.66. The molecule has 0 aliphatic carbocycles. The molecule has 0 fully saturated rings. The molecule has 2 aliphatic rings. The van der Waals surface area contributed by atoms with Gasteiger partial charge in [0, 0.05) is 11.3 Å². The predicted molar refractivity (Wildman–Crippen MR) is 78.4 cm³/mol. The van der Waals surface area contributed by atoms with Crippen LogP contribution >= 0.6 is 0 Å². The van der Waals surface area contributed by atoms with E-state index in [-0.39, 0.29) is 12.1 Å². The number of nitrogens with two attached hydrogens (primary N) is 1. The molecule has 4 rings (SSSR count). The van der Waals surface area contributed by atoms with Crippen LogP contribution in [-0.4, -0.2) is 16.6 Å². The second-order valence-corrected chi connectivity index (χ2v) is 4.76. The summed E-state index contributed by atoms with van der Waals surface area (Å²) in [6, 6.07) is 13.2. The van der Waals surface area contributed by atoms with Gasteiger partial charge in [-0.2, -0.15) is 0 Å². The van der Waals surface area contributed by atoms with E-state index >= 15 is 0 Å². The smallest absolute Gasteiger partial charge is 0.260 e. The van der Waals surface area contributed by atoms with Gasteiger partial charge in [-0.05, 0) is 29.8 Å². The summed E-state index contributed by atoms with van der Waals surface area (Å²) in [6.07, 6.45) is 0. The van der Waals surface area contributed by atoms with Crippen molar-refractivity contribution in [1.82, 2.24) is 11.1 Å². The Morgan fingerprint density at radius 2 is 1.85 bits per heavy atom. The van der Waals surface area contributed by atoms with Crippen LogP contribution in [0.15, 0.2) is 47.5 Å². The first kappa shape index (κ1) is 12.4. The largest absolute Gasteiger partial charge is 0.399 e. The molecule has 0 saturated carbocycles. The number of amides is 1. The number of anilines is 1. The highest BCUT2D eigenvalue weighted by atomic mass is 16.2. The molecule has 2 aromatic rings. The van der Waals surface area contributed by atoms with Crippen LogP contribution in [0.4, 0.5) is 11.4 Å². The van der Waals surface area contributed by atoms with E-state index in [9.17, 15) is 4.79 Å². The van der Waals surface area contributed by atoms with Crippen LogP contribution in [-0.2, 0) is 6.54 Å². The Morgan fingerprint density at radius 3 is 2.65 bits per heavy atom. The molecule has 5 nitrogen and oxygen atoms in total. The van der Waals surface area contributed by atoms with Crippen molar-refractivity contribution < 1.29 is 4.79 Å². The third-order valence-corrected chi connectivity index (χ3v) is 3.56. The van der Waals surface area contributed by atoms with Gasteiger partial charge < -0.3 is 11.9 Å². The topological polar surface area (TPSA) is 93.7 Å². The zero-order chi connectivity index (χ0) is 13.0. The highest BCUT2D eigenvalue weighted by molar-refractivity contribution is 6.24. The maximum Gasteiger partial charge on any atom is 0.260 e. The van der Waals surface area contributed by atoms with Crippen molar-refractivity contribution in [1.29, 1.82) is 0 Å². The van der Waals surface area contributed by atoms with Gasteiger partial charge in [0.2, 0.25) is 0 Å². The van der Waals surface area contributed by atoms with Gasteiger partial charge >= 0.3 is 0 Å². The Morgan fingerprint density at radius 1 is 1.10 bits per heavy atom. The number of carbonyl (C=O) groups is 1. The number of nitrogens with zero attached hydrogens (tertiary/aromatic N) is 2. The van der Waals surface area contributed by atoms with Crippen LogP contribution < -0.4 is 11.9 Å². The Labute approximate surface area is 116 Å². The van der Waals surface area contributed by atoms with Crippen LogP contribution in [0.3, 0.4) is 0 Å². The number of hydrogen-bond acceptors (Lipinski definition) is 4. The first-order chi connectivity index (χ1) is 9.24. The molecule has 1 amide bonds. The Bertz CT molecular complexity index is 751. The monoisotopic (exact) mass is 266 g/mol. The fourth-order valence-electron chi connectivity index (χ4n) is 2.64. The highest BCUT2D eigenvalue weighted by Gasteiger charge is 2.35. The molecular formula is C15H14N4O. The van der Waals surface area contributed by atoms with E-state index in [4.69, 9.17) is 5.73 Å².